The zero-order chi connectivity index (χ0) is 23.5. The maximum Gasteiger partial charge on any atom is 0.338 e. The summed E-state index contributed by atoms with van der Waals surface area (Å²) in [5.74, 6) is -1.32. The van der Waals surface area contributed by atoms with Crippen molar-refractivity contribution in [3.05, 3.63) is 52.5 Å². The van der Waals surface area contributed by atoms with E-state index in [0.29, 0.717) is 5.69 Å². The summed E-state index contributed by atoms with van der Waals surface area (Å²) < 4.78 is 30.8. The number of hydrogen-bond acceptors (Lipinski definition) is 6. The Morgan fingerprint density at radius 2 is 1.81 bits per heavy atom. The van der Waals surface area contributed by atoms with Crippen LogP contribution in [-0.2, 0) is 19.6 Å². The molecule has 32 heavy (non-hydrogen) atoms. The lowest BCUT2D eigenvalue weighted by atomic mass is 10.1. The van der Waals surface area contributed by atoms with Crippen LogP contribution >= 0.6 is 11.6 Å². The molecule has 0 spiro atoms. The summed E-state index contributed by atoms with van der Waals surface area (Å²) in [6, 6.07) is 9.60. The Kier molecular flexibility index (Phi) is 7.43. The molecule has 1 heterocycles. The predicted molar refractivity (Wildman–Crippen MR) is 124 cm³/mol. The highest BCUT2D eigenvalue weighted by atomic mass is 35.5. The van der Waals surface area contributed by atoms with E-state index in [-0.39, 0.29) is 15.5 Å². The highest BCUT2D eigenvalue weighted by Crippen LogP contribution is 2.26. The monoisotopic (exact) mass is 479 g/mol. The van der Waals surface area contributed by atoms with E-state index in [2.05, 4.69) is 10.2 Å². The topological polar surface area (TPSA) is 96.0 Å². The predicted octanol–water partition coefficient (Wildman–Crippen LogP) is 3.29. The van der Waals surface area contributed by atoms with Crippen LogP contribution in [0, 0.1) is 6.92 Å². The van der Waals surface area contributed by atoms with Crippen molar-refractivity contribution in [3.8, 4) is 0 Å². The van der Waals surface area contributed by atoms with Gasteiger partial charge >= 0.3 is 5.97 Å². The van der Waals surface area contributed by atoms with Crippen molar-refractivity contribution in [1.82, 2.24) is 4.31 Å². The molecule has 172 valence electrons. The van der Waals surface area contributed by atoms with Gasteiger partial charge in [0.25, 0.3) is 5.91 Å². The maximum atomic E-state index is 12.4. The minimum absolute atomic E-state index is 0.0131. The number of amides is 1. The highest BCUT2D eigenvalue weighted by molar-refractivity contribution is 7.89. The fourth-order valence-corrected chi connectivity index (χ4v) is 4.78. The minimum atomic E-state index is -3.84. The average molecular weight is 480 g/mol. The third-order valence-electron chi connectivity index (χ3n) is 5.22. The Hall–Kier alpha value is -2.62. The number of benzene rings is 2. The van der Waals surface area contributed by atoms with Crippen LogP contribution in [0.4, 0.5) is 11.4 Å². The molecule has 0 radical (unpaired) electrons. The van der Waals surface area contributed by atoms with E-state index >= 15 is 0 Å². The first-order chi connectivity index (χ1) is 15.1. The van der Waals surface area contributed by atoms with Gasteiger partial charge in [0, 0.05) is 38.6 Å². The van der Waals surface area contributed by atoms with Gasteiger partial charge in [-0.3, -0.25) is 4.79 Å². The molecule has 1 aliphatic heterocycles. The van der Waals surface area contributed by atoms with Crippen LogP contribution in [0.5, 0.6) is 0 Å². The number of anilines is 2. The normalized spacial score (nSPS) is 14.0. The second kappa shape index (κ2) is 9.89. The number of carbonyl (C=O) groups is 2. The third kappa shape index (κ3) is 5.40. The summed E-state index contributed by atoms with van der Waals surface area (Å²) in [6.07, 6.45) is 2.36. The molecule has 0 bridgehead atoms. The Bertz CT molecular complexity index is 1130. The second-order valence-corrected chi connectivity index (χ2v) is 10.3. The number of sulfonamides is 1. The molecule has 2 aromatic rings. The van der Waals surface area contributed by atoms with Gasteiger partial charge in [-0.2, -0.15) is 0 Å². The smallest absolute Gasteiger partial charge is 0.338 e. The molecule has 0 unspecified atom stereocenters. The first kappa shape index (κ1) is 24.0. The van der Waals surface area contributed by atoms with Gasteiger partial charge in [-0.1, -0.05) is 11.6 Å². The number of hydrogen-bond donors (Lipinski definition) is 1. The molecule has 10 heteroatoms. The van der Waals surface area contributed by atoms with E-state index in [0.717, 1.165) is 34.7 Å². The van der Waals surface area contributed by atoms with Crippen LogP contribution in [0.15, 0.2) is 41.3 Å². The van der Waals surface area contributed by atoms with Crippen molar-refractivity contribution in [2.24, 2.45) is 0 Å². The number of ether oxygens (including phenoxy) is 1. The van der Waals surface area contributed by atoms with E-state index < -0.39 is 28.5 Å². The van der Waals surface area contributed by atoms with Crippen LogP contribution in [0.1, 0.15) is 28.8 Å². The van der Waals surface area contributed by atoms with E-state index in [1.807, 2.05) is 25.1 Å². The average Bonchev–Trinajstić information content (AvgIpc) is 3.28. The zero-order valence-electron chi connectivity index (χ0n) is 18.2. The van der Waals surface area contributed by atoms with Gasteiger partial charge in [0.1, 0.15) is 4.90 Å². The standard InChI is InChI=1S/C22H26ClN3O5S/c1-15-12-17(26-10-4-5-11-26)7-9-19(15)24-21(27)14-31-22(28)16-6-8-18(23)20(13-16)32(29,30)25(2)3/h6-9,12-13H,4-5,10-11,14H2,1-3H3,(H,24,27). The van der Waals surface area contributed by atoms with Crippen molar-refractivity contribution in [2.75, 3.05) is 44.0 Å². The van der Waals surface area contributed by atoms with Crippen LogP contribution in [-0.4, -0.2) is 58.4 Å². The van der Waals surface area contributed by atoms with E-state index in [1.54, 1.807) is 0 Å². The third-order valence-corrected chi connectivity index (χ3v) is 7.51. The Morgan fingerprint density at radius 1 is 1.12 bits per heavy atom. The lowest BCUT2D eigenvalue weighted by Gasteiger charge is -2.19. The Morgan fingerprint density at radius 3 is 2.44 bits per heavy atom. The van der Waals surface area contributed by atoms with Crippen molar-refractivity contribution in [1.29, 1.82) is 0 Å². The van der Waals surface area contributed by atoms with E-state index in [1.165, 1.54) is 39.1 Å². The molecule has 1 amide bonds. The van der Waals surface area contributed by atoms with Crippen molar-refractivity contribution in [2.45, 2.75) is 24.7 Å². The SMILES string of the molecule is Cc1cc(N2CCCC2)ccc1NC(=O)COC(=O)c1ccc(Cl)c(S(=O)(=O)N(C)C)c1. The number of rotatable bonds is 7. The van der Waals surface area contributed by atoms with Gasteiger partial charge in [0.2, 0.25) is 10.0 Å². The largest absolute Gasteiger partial charge is 0.452 e. The van der Waals surface area contributed by atoms with Crippen LogP contribution in [0.2, 0.25) is 5.02 Å². The first-order valence-corrected chi connectivity index (χ1v) is 12.0. The molecule has 0 aromatic heterocycles. The fourth-order valence-electron chi connectivity index (χ4n) is 3.39. The molecular formula is C22H26ClN3O5S. The number of carbonyl (C=O) groups excluding carboxylic acids is 2. The van der Waals surface area contributed by atoms with Crippen LogP contribution in [0.25, 0.3) is 0 Å². The lowest BCUT2D eigenvalue weighted by molar-refractivity contribution is -0.119. The van der Waals surface area contributed by atoms with E-state index in [9.17, 15) is 18.0 Å². The molecule has 3 rings (SSSR count). The minimum Gasteiger partial charge on any atom is -0.452 e. The second-order valence-electron chi connectivity index (χ2n) is 7.75. The summed E-state index contributed by atoms with van der Waals surface area (Å²) in [5, 5.41) is 2.72. The molecule has 1 saturated heterocycles. The number of halogens is 1. The van der Waals surface area contributed by atoms with Crippen molar-refractivity contribution >= 4 is 44.9 Å². The summed E-state index contributed by atoms with van der Waals surface area (Å²) in [7, 11) is -1.12. The first-order valence-electron chi connectivity index (χ1n) is 10.1. The number of nitrogens with zero attached hydrogens (tertiary/aromatic N) is 2. The van der Waals surface area contributed by atoms with Gasteiger partial charge in [0.05, 0.1) is 10.6 Å². The zero-order valence-corrected chi connectivity index (χ0v) is 19.8. The molecular weight excluding hydrogens is 454 g/mol. The van der Waals surface area contributed by atoms with Gasteiger partial charge in [-0.15, -0.1) is 0 Å². The molecule has 1 N–H and O–H groups in total. The van der Waals surface area contributed by atoms with Gasteiger partial charge < -0.3 is 15.0 Å². The summed E-state index contributed by atoms with van der Waals surface area (Å²) >= 11 is 5.99. The maximum absolute atomic E-state index is 12.4. The highest BCUT2D eigenvalue weighted by Gasteiger charge is 2.23. The van der Waals surface area contributed by atoms with Crippen LogP contribution < -0.4 is 10.2 Å². The molecule has 2 aromatic carbocycles. The van der Waals surface area contributed by atoms with E-state index in [4.69, 9.17) is 16.3 Å². The van der Waals surface area contributed by atoms with Gasteiger partial charge in [-0.25, -0.2) is 17.5 Å². The Balaban J connectivity index is 1.62. The van der Waals surface area contributed by atoms with Crippen LogP contribution in [0.3, 0.4) is 0 Å². The van der Waals surface area contributed by atoms with Crippen molar-refractivity contribution in [3.63, 3.8) is 0 Å². The summed E-state index contributed by atoms with van der Waals surface area (Å²) in [4.78, 5) is 26.7. The summed E-state index contributed by atoms with van der Waals surface area (Å²) in [5.41, 5.74) is 2.65. The fraction of sp³-hybridized carbons (Fsp3) is 0.364. The molecule has 0 saturated carbocycles. The Labute approximate surface area is 193 Å². The van der Waals surface area contributed by atoms with Gasteiger partial charge in [0.15, 0.2) is 6.61 Å². The molecule has 1 aliphatic rings. The molecule has 0 atom stereocenters. The number of nitrogens with one attached hydrogen (secondary N) is 1. The summed E-state index contributed by atoms with van der Waals surface area (Å²) in [6.45, 7) is 3.46. The quantitative estimate of drug-likeness (QED) is 0.612. The van der Waals surface area contributed by atoms with Gasteiger partial charge in [-0.05, 0) is 61.7 Å². The molecule has 1 fully saturated rings. The number of aryl methyl sites for hydroxylation is 1. The van der Waals surface area contributed by atoms with Crippen molar-refractivity contribution < 1.29 is 22.7 Å². The molecule has 0 aliphatic carbocycles. The molecule has 8 nitrogen and oxygen atoms in total. The number of esters is 1. The lowest BCUT2D eigenvalue weighted by Crippen LogP contribution is -2.24.